The van der Waals surface area contributed by atoms with E-state index in [2.05, 4.69) is 10.2 Å². The second kappa shape index (κ2) is 15.0. The maximum atomic E-state index is 12.0. The second-order valence-corrected chi connectivity index (χ2v) is 5.96. The summed E-state index contributed by atoms with van der Waals surface area (Å²) in [7, 11) is 1.55. The van der Waals surface area contributed by atoms with Crippen LogP contribution in [0, 0.1) is 31.0 Å². The Labute approximate surface area is 182 Å². The Morgan fingerprint density at radius 3 is 2.23 bits per heavy atom. The fourth-order valence-corrected chi connectivity index (χ4v) is 1.98. The average molecular weight is 429 g/mol. The zero-order valence-electron chi connectivity index (χ0n) is 18.4. The molecular formula is C23H29FN4O3. The monoisotopic (exact) mass is 428 g/mol. The summed E-state index contributed by atoms with van der Waals surface area (Å²) in [5.41, 5.74) is 8.89. The molecule has 0 spiro atoms. The lowest BCUT2D eigenvalue weighted by atomic mass is 10.1. The van der Waals surface area contributed by atoms with Crippen molar-refractivity contribution in [3.63, 3.8) is 0 Å². The van der Waals surface area contributed by atoms with Crippen LogP contribution in [0.25, 0.3) is 0 Å². The van der Waals surface area contributed by atoms with Crippen molar-refractivity contribution < 1.29 is 19.0 Å². The maximum absolute atomic E-state index is 12.0. The highest BCUT2D eigenvalue weighted by atomic mass is 19.1. The van der Waals surface area contributed by atoms with Crippen molar-refractivity contribution in [3.8, 4) is 11.8 Å². The molecule has 0 saturated carbocycles. The van der Waals surface area contributed by atoms with Gasteiger partial charge in [0.05, 0.1) is 31.0 Å². The molecular weight excluding hydrogens is 399 g/mol. The van der Waals surface area contributed by atoms with Crippen LogP contribution in [0.4, 0.5) is 10.1 Å². The van der Waals surface area contributed by atoms with Crippen LogP contribution in [-0.4, -0.2) is 28.4 Å². The number of hydrogen-bond acceptors (Lipinski definition) is 5. The number of aromatic nitrogens is 2. The number of methoxy groups -OCH3 is 1. The van der Waals surface area contributed by atoms with E-state index < -0.39 is 5.97 Å². The first kappa shape index (κ1) is 27.1. The average Bonchev–Trinajstić information content (AvgIpc) is 3.14. The van der Waals surface area contributed by atoms with Gasteiger partial charge in [0.1, 0.15) is 11.8 Å². The minimum Gasteiger partial charge on any atom is -0.497 e. The van der Waals surface area contributed by atoms with Gasteiger partial charge in [-0.05, 0) is 37.6 Å². The van der Waals surface area contributed by atoms with Gasteiger partial charge in [-0.3, -0.25) is 9.89 Å². The highest BCUT2D eigenvalue weighted by molar-refractivity contribution is 5.70. The van der Waals surface area contributed by atoms with Gasteiger partial charge in [-0.15, -0.1) is 0 Å². The number of ether oxygens (including phenoxy) is 1. The van der Waals surface area contributed by atoms with E-state index >= 15 is 0 Å². The minimum atomic E-state index is -0.783. The number of carboxylic acid groups (broad SMARTS) is 1. The molecule has 1 heterocycles. The first-order valence-corrected chi connectivity index (χ1v) is 9.53. The molecule has 0 atom stereocenters. The summed E-state index contributed by atoms with van der Waals surface area (Å²) in [6.07, 6.45) is 1.26. The molecule has 0 unspecified atom stereocenters. The Hall–Kier alpha value is -3.86. The molecule has 0 aliphatic carbocycles. The Kier molecular flexibility index (Phi) is 13.2. The molecule has 0 amide bonds. The van der Waals surface area contributed by atoms with E-state index in [9.17, 15) is 9.18 Å². The van der Waals surface area contributed by atoms with Gasteiger partial charge >= 0.3 is 5.97 Å². The molecule has 0 bridgehead atoms. The predicted octanol–water partition coefficient (Wildman–Crippen LogP) is 4.65. The molecule has 31 heavy (non-hydrogen) atoms. The SMILES string of the molecule is CC.COc1ccc(N)c(C#N)c1.Cc1[nH]ncc1F.Cc1ccc(CC(=O)O)cc1. The summed E-state index contributed by atoms with van der Waals surface area (Å²) in [6.45, 7) is 7.60. The molecule has 0 aliphatic heterocycles. The van der Waals surface area contributed by atoms with Crippen LogP contribution in [0.3, 0.4) is 0 Å². The molecule has 0 radical (unpaired) electrons. The van der Waals surface area contributed by atoms with Gasteiger partial charge in [0.15, 0.2) is 5.82 Å². The van der Waals surface area contributed by atoms with Gasteiger partial charge < -0.3 is 15.6 Å². The van der Waals surface area contributed by atoms with E-state index in [-0.39, 0.29) is 12.2 Å². The third kappa shape index (κ3) is 11.0. The fraction of sp³-hybridized carbons (Fsp3) is 0.261. The molecule has 3 aromatic rings. The van der Waals surface area contributed by atoms with Crippen LogP contribution in [0.1, 0.15) is 36.2 Å². The lowest BCUT2D eigenvalue weighted by Crippen LogP contribution is -1.99. The summed E-state index contributed by atoms with van der Waals surface area (Å²) in [4.78, 5) is 10.3. The van der Waals surface area contributed by atoms with Crippen molar-refractivity contribution in [2.75, 3.05) is 12.8 Å². The zero-order chi connectivity index (χ0) is 23.8. The predicted molar refractivity (Wildman–Crippen MR) is 119 cm³/mol. The van der Waals surface area contributed by atoms with Gasteiger partial charge in [0, 0.05) is 5.69 Å². The van der Waals surface area contributed by atoms with E-state index in [0.29, 0.717) is 22.7 Å². The fourth-order valence-electron chi connectivity index (χ4n) is 1.98. The number of nitrogens with zero attached hydrogens (tertiary/aromatic N) is 2. The highest BCUT2D eigenvalue weighted by Crippen LogP contribution is 2.17. The number of rotatable bonds is 3. The summed E-state index contributed by atoms with van der Waals surface area (Å²) < 4.78 is 16.9. The molecule has 3 rings (SSSR count). The number of aryl methyl sites for hydroxylation is 2. The van der Waals surface area contributed by atoms with Crippen LogP contribution in [0.15, 0.2) is 48.7 Å². The number of nitrogens with one attached hydrogen (secondary N) is 1. The minimum absolute atomic E-state index is 0.111. The van der Waals surface area contributed by atoms with Crippen molar-refractivity contribution in [2.45, 2.75) is 34.1 Å². The van der Waals surface area contributed by atoms with E-state index in [1.165, 1.54) is 0 Å². The molecule has 4 N–H and O–H groups in total. The third-order valence-corrected chi connectivity index (χ3v) is 3.63. The first-order valence-electron chi connectivity index (χ1n) is 9.53. The van der Waals surface area contributed by atoms with Gasteiger partial charge in [0.25, 0.3) is 0 Å². The molecule has 166 valence electrons. The Balaban J connectivity index is 0.000000428. The van der Waals surface area contributed by atoms with Crippen LogP contribution < -0.4 is 10.5 Å². The number of nitrogen functional groups attached to an aromatic ring is 1. The van der Waals surface area contributed by atoms with Crippen LogP contribution >= 0.6 is 0 Å². The van der Waals surface area contributed by atoms with Gasteiger partial charge in [0.2, 0.25) is 0 Å². The topological polar surface area (TPSA) is 125 Å². The quantitative estimate of drug-likeness (QED) is 0.521. The summed E-state index contributed by atoms with van der Waals surface area (Å²) in [6, 6.07) is 14.4. The normalized spacial score (nSPS) is 8.81. The zero-order valence-corrected chi connectivity index (χ0v) is 18.4. The number of nitriles is 1. The lowest BCUT2D eigenvalue weighted by molar-refractivity contribution is -0.136. The number of anilines is 1. The first-order chi connectivity index (χ1) is 14.8. The molecule has 1 aromatic heterocycles. The number of halogens is 1. The summed E-state index contributed by atoms with van der Waals surface area (Å²) in [5.74, 6) is -0.412. The van der Waals surface area contributed by atoms with Crippen LogP contribution in [0.5, 0.6) is 5.75 Å². The van der Waals surface area contributed by atoms with Gasteiger partial charge in [-0.1, -0.05) is 43.7 Å². The standard InChI is InChI=1S/C9H10O2.C8H8N2O.C4H5FN2.C2H6/c1-7-2-4-8(5-3-7)6-9(10)11;1-11-7-2-3-8(10)6(4-7)5-9;1-3-4(5)2-6-7-3;1-2/h2-5H,6H2,1H3,(H,10,11);2-4H,10H2,1H3;2H,1H3,(H,6,7);1-2H3. The van der Waals surface area contributed by atoms with Crippen molar-refractivity contribution in [1.29, 1.82) is 5.26 Å². The number of nitrogens with two attached hydrogens (primary N) is 1. The smallest absolute Gasteiger partial charge is 0.307 e. The van der Waals surface area contributed by atoms with Crippen molar-refractivity contribution >= 4 is 11.7 Å². The second-order valence-electron chi connectivity index (χ2n) is 5.96. The molecule has 2 aromatic carbocycles. The van der Waals surface area contributed by atoms with E-state index in [0.717, 1.165) is 17.3 Å². The maximum Gasteiger partial charge on any atom is 0.307 e. The van der Waals surface area contributed by atoms with Crippen LogP contribution in [-0.2, 0) is 11.2 Å². The number of hydrogen-bond donors (Lipinski definition) is 3. The largest absolute Gasteiger partial charge is 0.497 e. The van der Waals surface area contributed by atoms with E-state index in [1.54, 1.807) is 32.2 Å². The highest BCUT2D eigenvalue weighted by Gasteiger charge is 1.99. The Morgan fingerprint density at radius 2 is 1.84 bits per heavy atom. The molecule has 0 aliphatic rings. The number of aromatic amines is 1. The molecule has 7 nitrogen and oxygen atoms in total. The Bertz CT molecular complexity index is 947. The third-order valence-electron chi connectivity index (χ3n) is 3.63. The summed E-state index contributed by atoms with van der Waals surface area (Å²) >= 11 is 0. The number of benzene rings is 2. The number of aliphatic carboxylic acids is 1. The Morgan fingerprint density at radius 1 is 1.23 bits per heavy atom. The number of carbonyl (C=O) groups is 1. The lowest BCUT2D eigenvalue weighted by Gasteiger charge is -2.00. The van der Waals surface area contributed by atoms with Crippen molar-refractivity contribution in [3.05, 3.63) is 76.9 Å². The van der Waals surface area contributed by atoms with Gasteiger partial charge in [-0.2, -0.15) is 10.4 Å². The molecule has 0 saturated heterocycles. The number of carboxylic acids is 1. The van der Waals surface area contributed by atoms with Crippen LogP contribution in [0.2, 0.25) is 0 Å². The molecule has 8 heteroatoms. The van der Waals surface area contributed by atoms with Gasteiger partial charge in [-0.25, -0.2) is 4.39 Å². The van der Waals surface area contributed by atoms with Crippen molar-refractivity contribution in [1.82, 2.24) is 10.2 Å². The van der Waals surface area contributed by atoms with E-state index in [1.807, 2.05) is 51.1 Å². The van der Waals surface area contributed by atoms with Crippen molar-refractivity contribution in [2.24, 2.45) is 0 Å². The van der Waals surface area contributed by atoms with E-state index in [4.69, 9.17) is 20.8 Å². The number of H-pyrrole nitrogens is 1. The molecule has 0 fully saturated rings. The summed E-state index contributed by atoms with van der Waals surface area (Å²) in [5, 5.41) is 22.9.